The molecule has 0 aromatic heterocycles. The number of alkyl halides is 3. The summed E-state index contributed by atoms with van der Waals surface area (Å²) in [6.45, 7) is 0.505. The molecular weight excluding hydrogens is 413 g/mol. The third-order valence-electron chi connectivity index (χ3n) is 3.67. The van der Waals surface area contributed by atoms with Gasteiger partial charge in [0.2, 0.25) is 0 Å². The van der Waals surface area contributed by atoms with E-state index in [0.717, 1.165) is 12.1 Å². The molecule has 0 aliphatic carbocycles. The van der Waals surface area contributed by atoms with E-state index in [2.05, 4.69) is 5.32 Å². The lowest BCUT2D eigenvalue weighted by molar-refractivity contribution is -0.148. The van der Waals surface area contributed by atoms with Crippen LogP contribution < -0.4 is 10.6 Å². The summed E-state index contributed by atoms with van der Waals surface area (Å²) in [5.74, 6) is -2.52. The first-order valence-electron chi connectivity index (χ1n) is 8.27. The number of nitrogens with one attached hydrogen (secondary N) is 2. The molecule has 0 saturated heterocycles. The maximum atomic E-state index is 12.9. The Morgan fingerprint density at radius 2 is 1.69 bits per heavy atom. The van der Waals surface area contributed by atoms with Crippen molar-refractivity contribution in [2.24, 2.45) is 0 Å². The Bertz CT molecular complexity index is 918. The Morgan fingerprint density at radius 3 is 2.34 bits per heavy atom. The number of halogens is 4. The van der Waals surface area contributed by atoms with Crippen molar-refractivity contribution in [3.05, 3.63) is 64.7 Å². The summed E-state index contributed by atoms with van der Waals surface area (Å²) >= 11 is 5.90. The lowest BCUT2D eigenvalue weighted by Gasteiger charge is -2.15. The van der Waals surface area contributed by atoms with E-state index in [1.807, 2.05) is 5.32 Å². The number of benzene rings is 2. The van der Waals surface area contributed by atoms with Crippen LogP contribution in [0.2, 0.25) is 5.02 Å². The van der Waals surface area contributed by atoms with Crippen LogP contribution in [0, 0.1) is 0 Å². The molecule has 0 radical (unpaired) electrons. The molecule has 29 heavy (non-hydrogen) atoms. The highest BCUT2D eigenvalue weighted by atomic mass is 35.5. The lowest BCUT2D eigenvalue weighted by Crippen LogP contribution is -2.40. The number of carbonyl (C=O) groups is 3. The maximum Gasteiger partial charge on any atom is 0.418 e. The van der Waals surface area contributed by atoms with Gasteiger partial charge in [-0.05, 0) is 31.2 Å². The normalized spacial score (nSPS) is 12.0. The molecule has 154 valence electrons. The van der Waals surface area contributed by atoms with Gasteiger partial charge in [0.05, 0.1) is 21.8 Å². The minimum atomic E-state index is -4.65. The van der Waals surface area contributed by atoms with Crippen LogP contribution in [-0.4, -0.2) is 30.4 Å². The van der Waals surface area contributed by atoms with Gasteiger partial charge in [-0.3, -0.25) is 9.59 Å². The van der Waals surface area contributed by atoms with Gasteiger partial charge in [0.1, 0.15) is 6.04 Å². The molecule has 2 N–H and O–H groups in total. The van der Waals surface area contributed by atoms with E-state index in [1.54, 1.807) is 12.1 Å². The first-order chi connectivity index (χ1) is 13.6. The zero-order valence-electron chi connectivity index (χ0n) is 15.0. The van der Waals surface area contributed by atoms with E-state index in [-0.39, 0.29) is 10.6 Å². The smallest absolute Gasteiger partial charge is 0.418 e. The largest absolute Gasteiger partial charge is 0.454 e. The molecule has 2 rings (SSSR count). The predicted octanol–water partition coefficient (Wildman–Crippen LogP) is 3.66. The zero-order chi connectivity index (χ0) is 21.6. The first-order valence-corrected chi connectivity index (χ1v) is 8.65. The van der Waals surface area contributed by atoms with Crippen LogP contribution in [0.25, 0.3) is 0 Å². The van der Waals surface area contributed by atoms with Crippen molar-refractivity contribution in [3.63, 3.8) is 0 Å². The van der Waals surface area contributed by atoms with E-state index in [1.165, 1.54) is 31.2 Å². The van der Waals surface area contributed by atoms with Crippen LogP contribution in [-0.2, 0) is 20.5 Å². The second-order valence-electron chi connectivity index (χ2n) is 5.87. The molecule has 2 amide bonds. The highest BCUT2D eigenvalue weighted by Crippen LogP contribution is 2.34. The van der Waals surface area contributed by atoms with E-state index >= 15 is 0 Å². The Hall–Kier alpha value is -3.07. The van der Waals surface area contributed by atoms with Crippen LogP contribution in [0.1, 0.15) is 22.8 Å². The number of carbonyl (C=O) groups excluding carboxylic acids is 3. The monoisotopic (exact) mass is 428 g/mol. The average Bonchev–Trinajstić information content (AvgIpc) is 2.65. The Kier molecular flexibility index (Phi) is 7.22. The van der Waals surface area contributed by atoms with Crippen molar-refractivity contribution in [3.8, 4) is 0 Å². The Labute approximate surface area is 169 Å². The molecular formula is C19H16ClF3N2O4. The topological polar surface area (TPSA) is 84.5 Å². The van der Waals surface area contributed by atoms with Gasteiger partial charge in [0.15, 0.2) is 6.61 Å². The number of rotatable bonds is 6. The molecule has 2 aromatic rings. The molecule has 0 fully saturated rings. The summed E-state index contributed by atoms with van der Waals surface area (Å²) in [7, 11) is 0. The van der Waals surface area contributed by atoms with Gasteiger partial charge in [-0.15, -0.1) is 0 Å². The second kappa shape index (κ2) is 9.42. The summed E-state index contributed by atoms with van der Waals surface area (Å²) in [5, 5.41) is 4.59. The second-order valence-corrected chi connectivity index (χ2v) is 6.28. The van der Waals surface area contributed by atoms with Crippen LogP contribution in [0.4, 0.5) is 18.9 Å². The number of para-hydroxylation sites is 1. The van der Waals surface area contributed by atoms with Crippen molar-refractivity contribution in [1.82, 2.24) is 5.32 Å². The number of anilines is 1. The van der Waals surface area contributed by atoms with E-state index in [0.29, 0.717) is 0 Å². The van der Waals surface area contributed by atoms with Crippen LogP contribution >= 0.6 is 11.6 Å². The predicted molar refractivity (Wildman–Crippen MR) is 99.4 cm³/mol. The molecule has 2 aromatic carbocycles. The molecule has 0 saturated carbocycles. The molecule has 0 heterocycles. The third kappa shape index (κ3) is 6.21. The highest BCUT2D eigenvalue weighted by Gasteiger charge is 2.33. The Balaban J connectivity index is 1.90. The molecule has 0 bridgehead atoms. The average molecular weight is 429 g/mol. The number of esters is 1. The third-order valence-corrected chi connectivity index (χ3v) is 4.00. The number of ether oxygens (including phenoxy) is 1. The molecule has 1 atom stereocenters. The van der Waals surface area contributed by atoms with Gasteiger partial charge >= 0.3 is 12.1 Å². The standard InChI is InChI=1S/C19H16ClF3N2O4/c1-11(24-17(27)12-6-2-4-8-14(12)20)18(28)29-10-16(26)25-15-9-5-3-7-13(15)19(21,22)23/h2-9,11H,10H2,1H3,(H,24,27)(H,25,26)/t11-/m0/s1. The van der Waals surface area contributed by atoms with Crippen molar-refractivity contribution in [2.45, 2.75) is 19.1 Å². The summed E-state index contributed by atoms with van der Waals surface area (Å²) < 4.78 is 43.5. The van der Waals surface area contributed by atoms with Crippen molar-refractivity contribution in [2.75, 3.05) is 11.9 Å². The van der Waals surface area contributed by atoms with Crippen LogP contribution in [0.5, 0.6) is 0 Å². The van der Waals surface area contributed by atoms with Gasteiger partial charge < -0.3 is 15.4 Å². The van der Waals surface area contributed by atoms with E-state index < -0.39 is 47.9 Å². The summed E-state index contributed by atoms with van der Waals surface area (Å²) in [6.07, 6.45) is -4.65. The van der Waals surface area contributed by atoms with E-state index in [9.17, 15) is 27.6 Å². The summed E-state index contributed by atoms with van der Waals surface area (Å²) in [6, 6.07) is 9.46. The summed E-state index contributed by atoms with van der Waals surface area (Å²) in [5.41, 5.74) is -1.34. The molecule has 0 aliphatic heterocycles. The fourth-order valence-corrected chi connectivity index (χ4v) is 2.49. The molecule has 0 aliphatic rings. The first kappa shape index (κ1) is 22.2. The zero-order valence-corrected chi connectivity index (χ0v) is 15.8. The van der Waals surface area contributed by atoms with Crippen molar-refractivity contribution in [1.29, 1.82) is 0 Å². The van der Waals surface area contributed by atoms with Gasteiger partial charge in [-0.1, -0.05) is 35.9 Å². The Morgan fingerprint density at radius 1 is 1.07 bits per heavy atom. The van der Waals surface area contributed by atoms with Gasteiger partial charge in [-0.25, -0.2) is 4.79 Å². The molecule has 10 heteroatoms. The number of hydrogen-bond acceptors (Lipinski definition) is 4. The molecule has 6 nitrogen and oxygen atoms in total. The molecule has 0 unspecified atom stereocenters. The fourth-order valence-electron chi connectivity index (χ4n) is 2.27. The van der Waals surface area contributed by atoms with Crippen LogP contribution in [0.3, 0.4) is 0 Å². The van der Waals surface area contributed by atoms with Gasteiger partial charge in [-0.2, -0.15) is 13.2 Å². The molecule has 0 spiro atoms. The van der Waals surface area contributed by atoms with Gasteiger partial charge in [0.25, 0.3) is 11.8 Å². The van der Waals surface area contributed by atoms with Crippen LogP contribution in [0.15, 0.2) is 48.5 Å². The SMILES string of the molecule is C[C@H](NC(=O)c1ccccc1Cl)C(=O)OCC(=O)Nc1ccccc1C(F)(F)F. The summed E-state index contributed by atoms with van der Waals surface area (Å²) in [4.78, 5) is 35.9. The van der Waals surface area contributed by atoms with E-state index in [4.69, 9.17) is 16.3 Å². The minimum Gasteiger partial charge on any atom is -0.454 e. The minimum absolute atomic E-state index is 0.148. The quantitative estimate of drug-likeness (QED) is 0.688. The van der Waals surface area contributed by atoms with Crippen molar-refractivity contribution < 1.29 is 32.3 Å². The van der Waals surface area contributed by atoms with Gasteiger partial charge in [0, 0.05) is 0 Å². The number of amides is 2. The maximum absolute atomic E-state index is 12.9. The number of hydrogen-bond donors (Lipinski definition) is 2. The highest BCUT2D eigenvalue weighted by molar-refractivity contribution is 6.33. The van der Waals surface area contributed by atoms with Crippen molar-refractivity contribution >= 4 is 35.1 Å². The lowest BCUT2D eigenvalue weighted by atomic mass is 10.1. The fraction of sp³-hybridized carbons (Fsp3) is 0.211.